The number of benzene rings is 3. The van der Waals surface area contributed by atoms with Crippen LogP contribution in [0.2, 0.25) is 5.02 Å². The molecule has 0 saturated carbocycles. The Bertz CT molecular complexity index is 1150. The molecule has 1 heterocycles. The Morgan fingerprint density at radius 2 is 1.77 bits per heavy atom. The fraction of sp³-hybridized carbons (Fsp3) is 0.136. The molecule has 0 saturated heterocycles. The van der Waals surface area contributed by atoms with Gasteiger partial charge in [-0.1, -0.05) is 41.9 Å². The average molecular weight is 423 g/mol. The van der Waals surface area contributed by atoms with Crippen LogP contribution in [-0.4, -0.2) is 24.9 Å². The molecule has 0 aromatic heterocycles. The van der Waals surface area contributed by atoms with Crippen LogP contribution in [0.3, 0.4) is 0 Å². The van der Waals surface area contributed by atoms with Crippen molar-refractivity contribution in [3.8, 4) is 0 Å². The third kappa shape index (κ3) is 3.33. The van der Waals surface area contributed by atoms with Crippen LogP contribution in [0, 0.1) is 10.1 Å². The van der Waals surface area contributed by atoms with Crippen molar-refractivity contribution in [2.45, 2.75) is 6.17 Å². The summed E-state index contributed by atoms with van der Waals surface area (Å²) >= 11 is 6.41. The molecule has 1 unspecified atom stereocenters. The summed E-state index contributed by atoms with van der Waals surface area (Å²) in [6, 6.07) is 19.2. The Morgan fingerprint density at radius 3 is 2.47 bits per heavy atom. The smallest absolute Gasteiger partial charge is 0.292 e. The van der Waals surface area contributed by atoms with Crippen molar-refractivity contribution in [1.82, 2.24) is 0 Å². The van der Waals surface area contributed by atoms with Crippen molar-refractivity contribution in [2.24, 2.45) is 0 Å². The summed E-state index contributed by atoms with van der Waals surface area (Å²) in [5.74, 6) is -0.234. The molecule has 1 amide bonds. The number of amides is 1. The molecule has 1 atom stereocenters. The topological polar surface area (TPSA) is 78.7 Å². The first-order chi connectivity index (χ1) is 14.4. The summed E-state index contributed by atoms with van der Waals surface area (Å²) in [5.41, 5.74) is 2.72. The average Bonchev–Trinajstić information content (AvgIpc) is 2.74. The molecular formula is C22H19ClN4O3. The maximum absolute atomic E-state index is 13.4. The molecule has 4 rings (SSSR count). The molecule has 152 valence electrons. The number of nitrogens with zero attached hydrogens (tertiary/aromatic N) is 3. The molecule has 8 heteroatoms. The molecule has 1 aliphatic rings. The number of hydrogen-bond acceptors (Lipinski definition) is 5. The summed E-state index contributed by atoms with van der Waals surface area (Å²) in [6.07, 6.45) is -0.665. The van der Waals surface area contributed by atoms with Gasteiger partial charge >= 0.3 is 0 Å². The molecule has 0 aliphatic carbocycles. The first kappa shape index (κ1) is 19.7. The number of anilines is 3. The second-order valence-electron chi connectivity index (χ2n) is 7.12. The zero-order valence-corrected chi connectivity index (χ0v) is 17.1. The van der Waals surface area contributed by atoms with E-state index in [1.807, 2.05) is 12.1 Å². The number of carbonyl (C=O) groups is 1. The molecular weight excluding hydrogens is 404 g/mol. The van der Waals surface area contributed by atoms with E-state index < -0.39 is 11.1 Å². The molecule has 3 aromatic carbocycles. The van der Waals surface area contributed by atoms with Crippen molar-refractivity contribution in [3.05, 3.63) is 93.0 Å². The van der Waals surface area contributed by atoms with Crippen LogP contribution < -0.4 is 15.1 Å². The predicted octanol–water partition coefficient (Wildman–Crippen LogP) is 5.09. The van der Waals surface area contributed by atoms with Crippen molar-refractivity contribution in [3.63, 3.8) is 0 Å². The van der Waals surface area contributed by atoms with Crippen molar-refractivity contribution in [1.29, 1.82) is 0 Å². The Hall–Kier alpha value is -3.58. The molecule has 7 nitrogen and oxygen atoms in total. The summed E-state index contributed by atoms with van der Waals surface area (Å²) in [4.78, 5) is 27.9. The standard InChI is InChI=1S/C22H19ClN4O3/c1-25(2)19-12-11-14(13-20(19)27(29)30)21-24-17-9-5-3-7-15(17)22(28)26(21)18-10-6-4-8-16(18)23/h3-13,21,24H,1-2H3. The molecule has 1 N–H and O–H groups in total. The highest BCUT2D eigenvalue weighted by Crippen LogP contribution is 2.41. The van der Waals surface area contributed by atoms with Crippen LogP contribution in [-0.2, 0) is 0 Å². The van der Waals surface area contributed by atoms with Gasteiger partial charge in [-0.3, -0.25) is 19.8 Å². The van der Waals surface area contributed by atoms with E-state index >= 15 is 0 Å². The van der Waals surface area contributed by atoms with Crippen LogP contribution in [0.4, 0.5) is 22.7 Å². The van der Waals surface area contributed by atoms with Gasteiger partial charge in [-0.25, -0.2) is 0 Å². The lowest BCUT2D eigenvalue weighted by Gasteiger charge is -2.38. The Labute approximate surface area is 178 Å². The summed E-state index contributed by atoms with van der Waals surface area (Å²) < 4.78 is 0. The number of halogens is 1. The number of carbonyl (C=O) groups excluding carboxylic acids is 1. The Morgan fingerprint density at radius 1 is 1.07 bits per heavy atom. The molecule has 0 fully saturated rings. The van der Waals surface area contributed by atoms with Gasteiger partial charge in [0.2, 0.25) is 0 Å². The van der Waals surface area contributed by atoms with E-state index in [9.17, 15) is 14.9 Å². The predicted molar refractivity (Wildman–Crippen MR) is 118 cm³/mol. The lowest BCUT2D eigenvalue weighted by atomic mass is 10.0. The fourth-order valence-corrected chi connectivity index (χ4v) is 3.84. The van der Waals surface area contributed by atoms with Gasteiger partial charge in [0.15, 0.2) is 0 Å². The minimum absolute atomic E-state index is 0.0373. The fourth-order valence-electron chi connectivity index (χ4n) is 3.62. The van der Waals surface area contributed by atoms with E-state index in [0.29, 0.717) is 33.2 Å². The van der Waals surface area contributed by atoms with Crippen LogP contribution in [0.15, 0.2) is 66.7 Å². The van der Waals surface area contributed by atoms with Crippen LogP contribution in [0.25, 0.3) is 0 Å². The maximum Gasteiger partial charge on any atom is 0.292 e. The number of fused-ring (bicyclic) bond motifs is 1. The number of nitrogens with one attached hydrogen (secondary N) is 1. The Kier molecular flexibility index (Phi) is 5.05. The quantitative estimate of drug-likeness (QED) is 0.468. The van der Waals surface area contributed by atoms with E-state index in [4.69, 9.17) is 11.6 Å². The molecule has 30 heavy (non-hydrogen) atoms. The van der Waals surface area contributed by atoms with E-state index in [1.54, 1.807) is 72.4 Å². The highest BCUT2D eigenvalue weighted by Gasteiger charge is 2.36. The number of para-hydroxylation sites is 2. The number of nitro groups is 1. The Balaban J connectivity index is 1.90. The van der Waals surface area contributed by atoms with Gasteiger partial charge in [-0.15, -0.1) is 0 Å². The third-order valence-corrected chi connectivity index (χ3v) is 5.35. The number of rotatable bonds is 4. The molecule has 0 bridgehead atoms. The minimum Gasteiger partial charge on any atom is -0.372 e. The van der Waals surface area contributed by atoms with E-state index in [0.717, 1.165) is 0 Å². The van der Waals surface area contributed by atoms with E-state index in [-0.39, 0.29) is 11.6 Å². The van der Waals surface area contributed by atoms with Crippen molar-refractivity contribution in [2.75, 3.05) is 29.2 Å². The van der Waals surface area contributed by atoms with Crippen molar-refractivity contribution >= 4 is 40.3 Å². The SMILES string of the molecule is CN(C)c1ccc(C2Nc3ccccc3C(=O)N2c2ccccc2Cl)cc1[N+](=O)[O-]. The largest absolute Gasteiger partial charge is 0.372 e. The third-order valence-electron chi connectivity index (χ3n) is 5.03. The number of hydrogen-bond donors (Lipinski definition) is 1. The first-order valence-corrected chi connectivity index (χ1v) is 9.65. The van der Waals surface area contributed by atoms with Gasteiger partial charge in [0, 0.05) is 31.4 Å². The zero-order valence-electron chi connectivity index (χ0n) is 16.4. The maximum atomic E-state index is 13.4. The minimum atomic E-state index is -0.665. The summed E-state index contributed by atoms with van der Waals surface area (Å²) in [7, 11) is 3.49. The lowest BCUT2D eigenvalue weighted by molar-refractivity contribution is -0.384. The van der Waals surface area contributed by atoms with E-state index in [1.165, 1.54) is 6.07 Å². The highest BCUT2D eigenvalue weighted by atomic mass is 35.5. The first-order valence-electron chi connectivity index (χ1n) is 9.28. The van der Waals surface area contributed by atoms with Crippen molar-refractivity contribution < 1.29 is 9.72 Å². The lowest BCUT2D eigenvalue weighted by Crippen LogP contribution is -2.43. The highest BCUT2D eigenvalue weighted by molar-refractivity contribution is 6.34. The van der Waals surface area contributed by atoms with Gasteiger partial charge in [0.1, 0.15) is 11.9 Å². The molecule has 0 spiro atoms. The second-order valence-corrected chi connectivity index (χ2v) is 7.53. The van der Waals surface area contributed by atoms with Gasteiger partial charge in [-0.2, -0.15) is 0 Å². The molecule has 0 radical (unpaired) electrons. The summed E-state index contributed by atoms with van der Waals surface area (Å²) in [5, 5.41) is 15.4. The molecule has 1 aliphatic heterocycles. The van der Waals surface area contributed by atoms with Gasteiger partial charge in [-0.05, 0) is 30.3 Å². The van der Waals surface area contributed by atoms with Gasteiger partial charge in [0.05, 0.1) is 21.2 Å². The van der Waals surface area contributed by atoms with Crippen LogP contribution in [0.1, 0.15) is 22.1 Å². The zero-order chi connectivity index (χ0) is 21.4. The van der Waals surface area contributed by atoms with Crippen LogP contribution in [0.5, 0.6) is 0 Å². The van der Waals surface area contributed by atoms with Gasteiger partial charge < -0.3 is 10.2 Å². The van der Waals surface area contributed by atoms with Gasteiger partial charge in [0.25, 0.3) is 11.6 Å². The summed E-state index contributed by atoms with van der Waals surface area (Å²) in [6.45, 7) is 0. The van der Waals surface area contributed by atoms with Crippen LogP contribution >= 0.6 is 11.6 Å². The second kappa shape index (κ2) is 7.68. The normalized spacial score (nSPS) is 15.4. The van der Waals surface area contributed by atoms with E-state index in [2.05, 4.69) is 5.32 Å². The molecule has 3 aromatic rings. The number of nitro benzene ring substituents is 1. The monoisotopic (exact) mass is 422 g/mol.